The topological polar surface area (TPSA) is 48.2 Å². The number of benzene rings is 2. The van der Waals surface area contributed by atoms with Crippen molar-refractivity contribution in [1.82, 2.24) is 10.1 Å². The normalized spacial score (nSPS) is 10.6. The Morgan fingerprint density at radius 3 is 2.81 bits per heavy atom. The fourth-order valence-electron chi connectivity index (χ4n) is 1.92. The van der Waals surface area contributed by atoms with Crippen LogP contribution in [0.5, 0.6) is 5.75 Å². The first-order chi connectivity index (χ1) is 10.2. The Balaban J connectivity index is 1.72. The molecule has 106 valence electrons. The largest absolute Gasteiger partial charge is 0.484 e. The molecule has 0 amide bonds. The molecule has 2 aromatic carbocycles. The van der Waals surface area contributed by atoms with E-state index in [4.69, 9.17) is 20.9 Å². The first-order valence-corrected chi connectivity index (χ1v) is 6.87. The summed E-state index contributed by atoms with van der Waals surface area (Å²) in [4.78, 5) is 4.29. The van der Waals surface area contributed by atoms with Crippen LogP contribution in [0.15, 0.2) is 53.1 Å². The second-order valence-corrected chi connectivity index (χ2v) is 5.00. The minimum atomic E-state index is 0.223. The summed E-state index contributed by atoms with van der Waals surface area (Å²) in [6.07, 6.45) is 0. The van der Waals surface area contributed by atoms with E-state index in [9.17, 15) is 0 Å². The molecule has 1 aromatic heterocycles. The third-order valence-corrected chi connectivity index (χ3v) is 3.26. The molecular formula is C16H13ClN2O2. The minimum absolute atomic E-state index is 0.223. The number of halogens is 1. The van der Waals surface area contributed by atoms with E-state index >= 15 is 0 Å². The number of rotatable bonds is 4. The van der Waals surface area contributed by atoms with Gasteiger partial charge in [-0.25, -0.2) is 0 Å². The summed E-state index contributed by atoms with van der Waals surface area (Å²) in [6.45, 7) is 2.23. The van der Waals surface area contributed by atoms with Crippen LogP contribution in [-0.2, 0) is 6.61 Å². The van der Waals surface area contributed by atoms with Gasteiger partial charge in [0.2, 0.25) is 5.82 Å². The van der Waals surface area contributed by atoms with Gasteiger partial charge in [0.05, 0.1) is 5.02 Å². The maximum atomic E-state index is 6.11. The molecule has 0 aliphatic rings. The van der Waals surface area contributed by atoms with Crippen molar-refractivity contribution < 1.29 is 9.26 Å². The van der Waals surface area contributed by atoms with Crippen molar-refractivity contribution >= 4 is 11.6 Å². The number of ether oxygens (including phenoxy) is 1. The van der Waals surface area contributed by atoms with E-state index in [1.54, 1.807) is 6.07 Å². The molecule has 0 saturated carbocycles. The van der Waals surface area contributed by atoms with E-state index < -0.39 is 0 Å². The first-order valence-electron chi connectivity index (χ1n) is 6.49. The molecule has 0 radical (unpaired) electrons. The van der Waals surface area contributed by atoms with E-state index in [0.29, 0.717) is 16.7 Å². The van der Waals surface area contributed by atoms with Crippen LogP contribution in [-0.4, -0.2) is 10.1 Å². The van der Waals surface area contributed by atoms with Gasteiger partial charge < -0.3 is 9.26 Å². The molecule has 4 nitrogen and oxygen atoms in total. The first kappa shape index (κ1) is 13.6. The molecule has 3 aromatic rings. The number of aromatic nitrogens is 2. The zero-order valence-electron chi connectivity index (χ0n) is 11.4. The minimum Gasteiger partial charge on any atom is -0.484 e. The maximum Gasteiger partial charge on any atom is 0.264 e. The molecule has 0 atom stereocenters. The zero-order valence-corrected chi connectivity index (χ0v) is 12.2. The number of hydrogen-bond acceptors (Lipinski definition) is 4. The molecule has 0 aliphatic carbocycles. The Kier molecular flexibility index (Phi) is 3.88. The standard InChI is InChI=1S/C16H13ClN2O2/c1-11-5-4-6-12(9-11)20-10-15-18-16(19-21-15)13-7-2-3-8-14(13)17/h2-9H,10H2,1H3. The average Bonchev–Trinajstić information content (AvgIpc) is 2.94. The quantitative estimate of drug-likeness (QED) is 0.721. The smallest absolute Gasteiger partial charge is 0.264 e. The summed E-state index contributed by atoms with van der Waals surface area (Å²) < 4.78 is 10.8. The van der Waals surface area contributed by atoms with Gasteiger partial charge in [-0.05, 0) is 36.8 Å². The van der Waals surface area contributed by atoms with Gasteiger partial charge in [-0.2, -0.15) is 4.98 Å². The van der Waals surface area contributed by atoms with Crippen molar-refractivity contribution in [2.45, 2.75) is 13.5 Å². The third kappa shape index (κ3) is 3.23. The predicted octanol–water partition coefficient (Wildman–Crippen LogP) is 4.28. The molecule has 0 saturated heterocycles. The van der Waals surface area contributed by atoms with Crippen molar-refractivity contribution in [2.75, 3.05) is 0 Å². The van der Waals surface area contributed by atoms with Gasteiger partial charge >= 0.3 is 0 Å². The highest BCUT2D eigenvalue weighted by molar-refractivity contribution is 6.33. The number of hydrogen-bond donors (Lipinski definition) is 0. The average molecular weight is 301 g/mol. The van der Waals surface area contributed by atoms with E-state index in [0.717, 1.165) is 16.9 Å². The van der Waals surface area contributed by atoms with Crippen molar-refractivity contribution in [3.8, 4) is 17.1 Å². The number of aryl methyl sites for hydroxylation is 1. The highest BCUT2D eigenvalue weighted by Crippen LogP contribution is 2.25. The molecule has 1 heterocycles. The van der Waals surface area contributed by atoms with E-state index in [1.807, 2.05) is 49.4 Å². The SMILES string of the molecule is Cc1cccc(OCc2nc(-c3ccccc3Cl)no2)c1. The molecule has 5 heteroatoms. The molecule has 21 heavy (non-hydrogen) atoms. The Hall–Kier alpha value is -2.33. The Labute approximate surface area is 127 Å². The van der Waals surface area contributed by atoms with Crippen LogP contribution in [0.4, 0.5) is 0 Å². The second kappa shape index (κ2) is 5.97. The van der Waals surface area contributed by atoms with Crippen LogP contribution in [0.25, 0.3) is 11.4 Å². The molecule has 0 N–H and O–H groups in total. The van der Waals surface area contributed by atoms with Crippen molar-refractivity contribution in [3.05, 3.63) is 65.0 Å². The summed E-state index contributed by atoms with van der Waals surface area (Å²) in [6, 6.07) is 15.1. The van der Waals surface area contributed by atoms with Gasteiger partial charge in [-0.3, -0.25) is 0 Å². The fraction of sp³-hybridized carbons (Fsp3) is 0.125. The van der Waals surface area contributed by atoms with Crippen molar-refractivity contribution in [2.24, 2.45) is 0 Å². The predicted molar refractivity (Wildman–Crippen MR) is 80.3 cm³/mol. The molecule has 0 spiro atoms. The Morgan fingerprint density at radius 2 is 2.00 bits per heavy atom. The van der Waals surface area contributed by atoms with Crippen LogP contribution in [0.3, 0.4) is 0 Å². The van der Waals surface area contributed by atoms with Crippen LogP contribution in [0.2, 0.25) is 5.02 Å². The third-order valence-electron chi connectivity index (χ3n) is 2.93. The summed E-state index contributed by atoms with van der Waals surface area (Å²) in [5.41, 5.74) is 1.87. The van der Waals surface area contributed by atoms with Gasteiger partial charge in [0.15, 0.2) is 6.61 Å². The molecular weight excluding hydrogens is 288 g/mol. The number of nitrogens with zero attached hydrogens (tertiary/aromatic N) is 2. The Bertz CT molecular complexity index is 755. The van der Waals surface area contributed by atoms with Crippen molar-refractivity contribution in [3.63, 3.8) is 0 Å². The van der Waals surface area contributed by atoms with Crippen LogP contribution < -0.4 is 4.74 Å². The van der Waals surface area contributed by atoms with Gasteiger partial charge in [0.25, 0.3) is 5.89 Å². The summed E-state index contributed by atoms with van der Waals surface area (Å²) >= 11 is 6.11. The van der Waals surface area contributed by atoms with Gasteiger partial charge in [0, 0.05) is 5.56 Å². The fourth-order valence-corrected chi connectivity index (χ4v) is 2.14. The maximum absolute atomic E-state index is 6.11. The van der Waals surface area contributed by atoms with Gasteiger partial charge in [0.1, 0.15) is 5.75 Å². The molecule has 3 rings (SSSR count). The Morgan fingerprint density at radius 1 is 1.14 bits per heavy atom. The zero-order chi connectivity index (χ0) is 14.7. The highest BCUT2D eigenvalue weighted by atomic mass is 35.5. The van der Waals surface area contributed by atoms with E-state index in [2.05, 4.69) is 10.1 Å². The summed E-state index contributed by atoms with van der Waals surface area (Å²) in [7, 11) is 0. The van der Waals surface area contributed by atoms with Crippen LogP contribution >= 0.6 is 11.6 Å². The van der Waals surface area contributed by atoms with Crippen LogP contribution in [0, 0.1) is 6.92 Å². The second-order valence-electron chi connectivity index (χ2n) is 4.60. The highest BCUT2D eigenvalue weighted by Gasteiger charge is 2.11. The summed E-state index contributed by atoms with van der Waals surface area (Å²) in [5, 5.41) is 4.51. The lowest BCUT2D eigenvalue weighted by atomic mass is 10.2. The molecule has 0 unspecified atom stereocenters. The monoisotopic (exact) mass is 300 g/mol. The lowest BCUT2D eigenvalue weighted by Gasteiger charge is -2.03. The lowest BCUT2D eigenvalue weighted by Crippen LogP contribution is -1.95. The summed E-state index contributed by atoms with van der Waals surface area (Å²) in [5.74, 6) is 1.64. The van der Waals surface area contributed by atoms with Crippen LogP contribution in [0.1, 0.15) is 11.5 Å². The molecule has 0 aliphatic heterocycles. The van der Waals surface area contributed by atoms with E-state index in [1.165, 1.54) is 0 Å². The van der Waals surface area contributed by atoms with Gasteiger partial charge in [-0.1, -0.05) is 41.0 Å². The lowest BCUT2D eigenvalue weighted by molar-refractivity contribution is 0.243. The van der Waals surface area contributed by atoms with Crippen molar-refractivity contribution in [1.29, 1.82) is 0 Å². The molecule has 0 fully saturated rings. The van der Waals surface area contributed by atoms with Gasteiger partial charge in [-0.15, -0.1) is 0 Å². The molecule has 0 bridgehead atoms. The van der Waals surface area contributed by atoms with E-state index in [-0.39, 0.29) is 6.61 Å².